The number of benzene rings is 2. The maximum absolute atomic E-state index is 12.1. The molecule has 2 aromatic rings. The van der Waals surface area contributed by atoms with Crippen LogP contribution in [0.25, 0.3) is 0 Å². The van der Waals surface area contributed by atoms with Crippen LogP contribution in [-0.4, -0.2) is 18.6 Å². The average Bonchev–Trinajstić information content (AvgIpc) is 2.60. The molecular formula is C19H19F3O3. The zero-order valence-corrected chi connectivity index (χ0v) is 13.6. The van der Waals surface area contributed by atoms with Crippen molar-refractivity contribution in [3.05, 3.63) is 60.2 Å². The smallest absolute Gasteiger partial charge is 0.449 e. The van der Waals surface area contributed by atoms with E-state index in [4.69, 9.17) is 9.47 Å². The number of alkyl halides is 3. The van der Waals surface area contributed by atoms with Crippen molar-refractivity contribution >= 4 is 5.78 Å². The van der Waals surface area contributed by atoms with Gasteiger partial charge >= 0.3 is 6.18 Å². The van der Waals surface area contributed by atoms with E-state index in [-0.39, 0.29) is 13.0 Å². The van der Waals surface area contributed by atoms with E-state index >= 15 is 0 Å². The number of ketones is 1. The van der Waals surface area contributed by atoms with Gasteiger partial charge < -0.3 is 9.47 Å². The van der Waals surface area contributed by atoms with Crippen LogP contribution in [0.5, 0.6) is 11.5 Å². The molecule has 0 aliphatic rings. The molecule has 6 heteroatoms. The molecule has 0 aliphatic carbocycles. The first kappa shape index (κ1) is 18.8. The molecule has 0 N–H and O–H groups in total. The van der Waals surface area contributed by atoms with Crippen LogP contribution in [0.4, 0.5) is 13.2 Å². The van der Waals surface area contributed by atoms with Gasteiger partial charge in [-0.1, -0.05) is 36.4 Å². The van der Waals surface area contributed by atoms with Crippen LogP contribution in [0, 0.1) is 0 Å². The number of hydrogen-bond donors (Lipinski definition) is 0. The highest BCUT2D eigenvalue weighted by Gasteiger charge is 2.37. The number of unbranched alkanes of at least 4 members (excludes halogenated alkanes) is 1. The maximum Gasteiger partial charge on any atom is 0.449 e. The zero-order valence-electron chi connectivity index (χ0n) is 13.6. The molecule has 134 valence electrons. The molecule has 3 nitrogen and oxygen atoms in total. The lowest BCUT2D eigenvalue weighted by atomic mass is 10.2. The molecular weight excluding hydrogens is 333 g/mol. The molecule has 0 spiro atoms. The largest absolute Gasteiger partial charge is 0.493 e. The number of halogens is 3. The lowest BCUT2D eigenvalue weighted by molar-refractivity contribution is -0.171. The predicted octanol–water partition coefficient (Wildman–Crippen LogP) is 4.95. The Morgan fingerprint density at radius 2 is 1.56 bits per heavy atom. The molecule has 0 unspecified atom stereocenters. The molecule has 0 amide bonds. The molecule has 2 rings (SSSR count). The summed E-state index contributed by atoms with van der Waals surface area (Å²) < 4.78 is 47.4. The van der Waals surface area contributed by atoms with E-state index in [1.807, 2.05) is 30.3 Å². The first-order chi connectivity index (χ1) is 11.9. The van der Waals surface area contributed by atoms with Crippen LogP contribution in [-0.2, 0) is 11.4 Å². The number of hydrogen-bond acceptors (Lipinski definition) is 3. The monoisotopic (exact) mass is 352 g/mol. The molecule has 0 saturated carbocycles. The molecule has 0 saturated heterocycles. The molecule has 25 heavy (non-hydrogen) atoms. The zero-order chi connectivity index (χ0) is 18.1. The Labute approximate surface area is 144 Å². The third-order valence-electron chi connectivity index (χ3n) is 3.44. The van der Waals surface area contributed by atoms with Crippen molar-refractivity contribution in [2.24, 2.45) is 0 Å². The van der Waals surface area contributed by atoms with Crippen LogP contribution in [0.15, 0.2) is 54.6 Å². The second kappa shape index (κ2) is 9.11. The Balaban J connectivity index is 1.71. The average molecular weight is 352 g/mol. The van der Waals surface area contributed by atoms with E-state index in [0.717, 1.165) is 5.56 Å². The maximum atomic E-state index is 12.1. The molecule has 0 heterocycles. The van der Waals surface area contributed by atoms with Crippen LogP contribution in [0.1, 0.15) is 24.8 Å². The van der Waals surface area contributed by atoms with Gasteiger partial charge in [0.05, 0.1) is 6.61 Å². The summed E-state index contributed by atoms with van der Waals surface area (Å²) >= 11 is 0. The van der Waals surface area contributed by atoms with E-state index in [9.17, 15) is 18.0 Å². The first-order valence-electron chi connectivity index (χ1n) is 7.95. The molecule has 0 aromatic heterocycles. The van der Waals surface area contributed by atoms with E-state index in [1.165, 1.54) is 0 Å². The number of carbonyl (C=O) groups is 1. The van der Waals surface area contributed by atoms with Gasteiger partial charge in [-0.05, 0) is 30.5 Å². The molecule has 0 aliphatic heterocycles. The SMILES string of the molecule is O=C(CCCCOc1cccc(OCc2ccccc2)c1)C(F)(F)F. The quantitative estimate of drug-likeness (QED) is 0.599. The highest BCUT2D eigenvalue weighted by Crippen LogP contribution is 2.22. The number of ether oxygens (including phenoxy) is 2. The van der Waals surface area contributed by atoms with Crippen molar-refractivity contribution in [3.8, 4) is 11.5 Å². The molecule has 2 aromatic carbocycles. The Bertz CT molecular complexity index is 669. The summed E-state index contributed by atoms with van der Waals surface area (Å²) in [5, 5.41) is 0. The fourth-order valence-corrected chi connectivity index (χ4v) is 2.11. The third kappa shape index (κ3) is 6.87. The summed E-state index contributed by atoms with van der Waals surface area (Å²) in [5.74, 6) is -0.467. The number of carbonyl (C=O) groups excluding carboxylic acids is 1. The number of rotatable bonds is 9. The van der Waals surface area contributed by atoms with E-state index in [2.05, 4.69) is 0 Å². The van der Waals surface area contributed by atoms with Crippen molar-refractivity contribution < 1.29 is 27.4 Å². The van der Waals surface area contributed by atoms with Crippen molar-refractivity contribution in [3.63, 3.8) is 0 Å². The van der Waals surface area contributed by atoms with E-state index < -0.39 is 18.4 Å². The first-order valence-corrected chi connectivity index (χ1v) is 7.95. The predicted molar refractivity (Wildman–Crippen MR) is 87.6 cm³/mol. The highest BCUT2D eigenvalue weighted by molar-refractivity contribution is 5.83. The Hall–Kier alpha value is -2.50. The van der Waals surface area contributed by atoms with E-state index in [1.54, 1.807) is 24.3 Å². The third-order valence-corrected chi connectivity index (χ3v) is 3.44. The van der Waals surface area contributed by atoms with Crippen LogP contribution >= 0.6 is 0 Å². The second-order valence-corrected chi connectivity index (χ2v) is 5.48. The summed E-state index contributed by atoms with van der Waals surface area (Å²) in [4.78, 5) is 10.7. The second-order valence-electron chi connectivity index (χ2n) is 5.48. The topological polar surface area (TPSA) is 35.5 Å². The van der Waals surface area contributed by atoms with Crippen molar-refractivity contribution in [1.82, 2.24) is 0 Å². The van der Waals surface area contributed by atoms with Crippen molar-refractivity contribution in [2.75, 3.05) is 6.61 Å². The molecule has 0 atom stereocenters. The summed E-state index contributed by atoms with van der Waals surface area (Å²) in [6, 6.07) is 16.8. The van der Waals surface area contributed by atoms with Crippen molar-refractivity contribution in [2.45, 2.75) is 32.0 Å². The minimum Gasteiger partial charge on any atom is -0.493 e. The van der Waals surface area contributed by atoms with Crippen LogP contribution in [0.3, 0.4) is 0 Å². The van der Waals surface area contributed by atoms with Gasteiger partial charge in [0, 0.05) is 12.5 Å². The van der Waals surface area contributed by atoms with Crippen LogP contribution in [0.2, 0.25) is 0 Å². The van der Waals surface area contributed by atoms with Gasteiger partial charge in [-0.2, -0.15) is 13.2 Å². The molecule has 0 fully saturated rings. The summed E-state index contributed by atoms with van der Waals surface area (Å²) in [5.41, 5.74) is 1.04. The summed E-state index contributed by atoms with van der Waals surface area (Å²) in [7, 11) is 0. The summed E-state index contributed by atoms with van der Waals surface area (Å²) in [6.45, 7) is 0.678. The van der Waals surface area contributed by atoms with Gasteiger partial charge in [0.15, 0.2) is 0 Å². The molecule has 0 bridgehead atoms. The normalized spacial score (nSPS) is 11.2. The summed E-state index contributed by atoms with van der Waals surface area (Å²) in [6.07, 6.45) is -4.74. The highest BCUT2D eigenvalue weighted by atomic mass is 19.4. The fourth-order valence-electron chi connectivity index (χ4n) is 2.11. The standard InChI is InChI=1S/C19H19F3O3/c20-19(21,22)18(23)11-4-5-12-24-16-9-6-10-17(13-16)25-14-15-7-2-1-3-8-15/h1-3,6-10,13H,4-5,11-12,14H2. The van der Waals surface area contributed by atoms with Crippen LogP contribution < -0.4 is 9.47 Å². The van der Waals surface area contributed by atoms with Gasteiger partial charge in [-0.3, -0.25) is 4.79 Å². The minimum atomic E-state index is -4.74. The van der Waals surface area contributed by atoms with Crippen molar-refractivity contribution in [1.29, 1.82) is 0 Å². The Kier molecular flexibility index (Phi) is 6.86. The lowest BCUT2D eigenvalue weighted by Gasteiger charge is -2.10. The Morgan fingerprint density at radius 1 is 0.880 bits per heavy atom. The Morgan fingerprint density at radius 3 is 2.24 bits per heavy atom. The van der Waals surface area contributed by atoms with Gasteiger partial charge in [-0.25, -0.2) is 0 Å². The van der Waals surface area contributed by atoms with Gasteiger partial charge in [0.2, 0.25) is 5.78 Å². The van der Waals surface area contributed by atoms with E-state index in [0.29, 0.717) is 24.5 Å². The minimum absolute atomic E-state index is 0.141. The molecule has 0 radical (unpaired) electrons. The van der Waals surface area contributed by atoms with Gasteiger partial charge in [0.1, 0.15) is 18.1 Å². The van der Waals surface area contributed by atoms with Gasteiger partial charge in [-0.15, -0.1) is 0 Å². The number of Topliss-reactive ketones (excluding diaryl/α,β-unsaturated/α-hetero) is 1. The lowest BCUT2D eigenvalue weighted by Crippen LogP contribution is -2.22. The van der Waals surface area contributed by atoms with Gasteiger partial charge in [0.25, 0.3) is 0 Å². The fraction of sp³-hybridized carbons (Fsp3) is 0.316.